The number of hydrogen-bond donors (Lipinski definition) is 6. The van der Waals surface area contributed by atoms with Crippen LogP contribution in [0, 0.1) is 0 Å². The second-order valence-electron chi connectivity index (χ2n) is 7.35. The average Bonchev–Trinajstić information content (AvgIpc) is 2.86. The summed E-state index contributed by atoms with van der Waals surface area (Å²) in [5.74, 6) is -1.08. The Kier molecular flexibility index (Phi) is 35.0. The van der Waals surface area contributed by atoms with Crippen molar-refractivity contribution in [3.05, 3.63) is 0 Å². The van der Waals surface area contributed by atoms with Crippen LogP contribution in [0.4, 0.5) is 0 Å². The molecule has 0 bridgehead atoms. The Balaban J connectivity index is -0.000000787. The molecular weight excluding hydrogens is 462 g/mol. The minimum atomic E-state index is -0.380. The Bertz CT molecular complexity index is 503. The summed E-state index contributed by atoms with van der Waals surface area (Å²) in [6, 6.07) is -0.698. The maximum Gasteiger partial charge on any atom is 0.234 e. The van der Waals surface area contributed by atoms with Crippen molar-refractivity contribution in [1.29, 1.82) is 0 Å². The van der Waals surface area contributed by atoms with E-state index in [0.717, 1.165) is 25.7 Å². The molecule has 0 spiro atoms. The molecule has 0 fully saturated rings. The van der Waals surface area contributed by atoms with Gasteiger partial charge in [-0.25, -0.2) is 0 Å². The second kappa shape index (κ2) is 30.8. The number of nitrogens with zero attached hydrogens (tertiary/aromatic N) is 1. The van der Waals surface area contributed by atoms with Crippen LogP contribution in [0.2, 0.25) is 0 Å². The van der Waals surface area contributed by atoms with Crippen LogP contribution in [0.15, 0.2) is 0 Å². The van der Waals surface area contributed by atoms with Gasteiger partial charge in [-0.1, -0.05) is 41.5 Å². The van der Waals surface area contributed by atoms with Crippen molar-refractivity contribution in [1.82, 2.24) is 26.2 Å². The van der Waals surface area contributed by atoms with E-state index in [1.54, 1.807) is 26.0 Å². The molecule has 0 aliphatic rings. The third-order valence-electron chi connectivity index (χ3n) is 4.69. The SMILES string of the molecule is CC.CC.CC.CNC(CCCCNC(=O)CN(C)CC(=O)NCCCCC(NC)C(N)=O)C(N)=O. The fraction of sp³-hybridized carbons (Fsp3) is 0.840. The highest BCUT2D eigenvalue weighted by Crippen LogP contribution is 2.00. The van der Waals surface area contributed by atoms with Gasteiger partial charge in [0.05, 0.1) is 25.2 Å². The third kappa shape index (κ3) is 26.4. The Morgan fingerprint density at radius 3 is 1.19 bits per heavy atom. The fourth-order valence-corrected chi connectivity index (χ4v) is 2.92. The Morgan fingerprint density at radius 1 is 0.639 bits per heavy atom. The van der Waals surface area contributed by atoms with Crippen LogP contribution >= 0.6 is 0 Å². The molecule has 11 heteroatoms. The van der Waals surface area contributed by atoms with Crippen molar-refractivity contribution in [2.45, 2.75) is 92.2 Å². The molecule has 36 heavy (non-hydrogen) atoms. The maximum atomic E-state index is 11.9. The number of amides is 4. The molecule has 4 amide bonds. The van der Waals surface area contributed by atoms with Crippen molar-refractivity contribution in [2.24, 2.45) is 11.5 Å². The quantitative estimate of drug-likeness (QED) is 0.145. The molecule has 0 heterocycles. The zero-order valence-corrected chi connectivity index (χ0v) is 24.5. The zero-order valence-electron chi connectivity index (χ0n) is 24.5. The van der Waals surface area contributed by atoms with Gasteiger partial charge in [0, 0.05) is 13.1 Å². The molecule has 216 valence electrons. The first-order valence-electron chi connectivity index (χ1n) is 13.4. The maximum absolute atomic E-state index is 11.9. The zero-order chi connectivity index (χ0) is 28.9. The number of nitrogens with one attached hydrogen (secondary N) is 4. The number of likely N-dealkylation sites (N-methyl/N-ethyl adjacent to an activating group) is 3. The summed E-state index contributed by atoms with van der Waals surface area (Å²) in [6.07, 6.45) is 4.26. The van der Waals surface area contributed by atoms with Gasteiger partial charge in [0.15, 0.2) is 0 Å². The first-order valence-corrected chi connectivity index (χ1v) is 13.4. The van der Waals surface area contributed by atoms with Crippen molar-refractivity contribution in [3.63, 3.8) is 0 Å². The van der Waals surface area contributed by atoms with Gasteiger partial charge in [0.25, 0.3) is 0 Å². The summed E-state index contributed by atoms with van der Waals surface area (Å²) >= 11 is 0. The third-order valence-corrected chi connectivity index (χ3v) is 4.69. The van der Waals surface area contributed by atoms with Crippen molar-refractivity contribution >= 4 is 23.6 Å². The molecule has 0 aromatic heterocycles. The minimum Gasteiger partial charge on any atom is -0.368 e. The monoisotopic (exact) mass is 519 g/mol. The van der Waals surface area contributed by atoms with Gasteiger partial charge in [0.2, 0.25) is 23.6 Å². The highest BCUT2D eigenvalue weighted by Gasteiger charge is 2.13. The van der Waals surface area contributed by atoms with Gasteiger partial charge in [0.1, 0.15) is 0 Å². The highest BCUT2D eigenvalue weighted by atomic mass is 16.2. The highest BCUT2D eigenvalue weighted by molar-refractivity contribution is 5.81. The number of hydrogen-bond acceptors (Lipinski definition) is 7. The van der Waals surface area contributed by atoms with Crippen molar-refractivity contribution in [3.8, 4) is 0 Å². The van der Waals surface area contributed by atoms with Gasteiger partial charge in [-0.3, -0.25) is 24.1 Å². The van der Waals surface area contributed by atoms with E-state index in [0.29, 0.717) is 25.9 Å². The number of rotatable bonds is 18. The Hall–Kier alpha value is -2.24. The summed E-state index contributed by atoms with van der Waals surface area (Å²) in [5, 5.41) is 11.3. The van der Waals surface area contributed by atoms with Crippen LogP contribution < -0.4 is 32.7 Å². The van der Waals surface area contributed by atoms with E-state index in [1.165, 1.54) is 0 Å². The number of unbranched alkanes of at least 4 members (excludes halogenated alkanes) is 2. The molecule has 0 saturated heterocycles. The predicted molar refractivity (Wildman–Crippen MR) is 149 cm³/mol. The first-order chi connectivity index (χ1) is 17.2. The van der Waals surface area contributed by atoms with Crippen LogP contribution in [0.1, 0.15) is 80.1 Å². The lowest BCUT2D eigenvalue weighted by Gasteiger charge is -2.16. The summed E-state index contributed by atoms with van der Waals surface area (Å²) < 4.78 is 0. The molecule has 0 aliphatic heterocycles. The van der Waals surface area contributed by atoms with E-state index >= 15 is 0 Å². The smallest absolute Gasteiger partial charge is 0.234 e. The average molecular weight is 520 g/mol. The summed E-state index contributed by atoms with van der Waals surface area (Å²) in [7, 11) is 5.08. The molecular formula is C25H57N7O4. The van der Waals surface area contributed by atoms with Gasteiger partial charge in [-0.2, -0.15) is 0 Å². The van der Waals surface area contributed by atoms with Gasteiger partial charge < -0.3 is 32.7 Å². The van der Waals surface area contributed by atoms with E-state index in [2.05, 4.69) is 21.3 Å². The Labute approximate surface area is 220 Å². The largest absolute Gasteiger partial charge is 0.368 e. The van der Waals surface area contributed by atoms with Crippen LogP contribution in [0.5, 0.6) is 0 Å². The Morgan fingerprint density at radius 2 is 0.944 bits per heavy atom. The van der Waals surface area contributed by atoms with E-state index in [4.69, 9.17) is 11.5 Å². The number of nitrogens with two attached hydrogens (primary N) is 2. The molecule has 0 rings (SSSR count). The second-order valence-corrected chi connectivity index (χ2v) is 7.35. The van der Waals surface area contributed by atoms with Gasteiger partial charge in [-0.05, 0) is 59.7 Å². The molecule has 0 saturated carbocycles. The van der Waals surface area contributed by atoms with Gasteiger partial charge >= 0.3 is 0 Å². The molecule has 0 radical (unpaired) electrons. The number of carbonyl (C=O) groups is 4. The van der Waals surface area contributed by atoms with Crippen LogP contribution in [0.3, 0.4) is 0 Å². The van der Waals surface area contributed by atoms with E-state index in [-0.39, 0.29) is 48.8 Å². The van der Waals surface area contributed by atoms with Crippen LogP contribution in [-0.2, 0) is 19.2 Å². The molecule has 2 atom stereocenters. The molecule has 0 aromatic rings. The summed E-state index contributed by atoms with van der Waals surface area (Å²) in [5.41, 5.74) is 10.5. The molecule has 0 aliphatic carbocycles. The predicted octanol–water partition coefficient (Wildman–Crippen LogP) is 0.716. The summed E-state index contributed by atoms with van der Waals surface area (Å²) in [4.78, 5) is 47.7. The topological polar surface area (TPSA) is 172 Å². The number of primary amides is 2. The lowest BCUT2D eigenvalue weighted by molar-refractivity contribution is -0.125. The molecule has 11 nitrogen and oxygen atoms in total. The van der Waals surface area contributed by atoms with Crippen LogP contribution in [-0.4, -0.2) is 87.9 Å². The van der Waals surface area contributed by atoms with Crippen molar-refractivity contribution < 1.29 is 19.2 Å². The lowest BCUT2D eigenvalue weighted by Crippen LogP contribution is -2.41. The van der Waals surface area contributed by atoms with Crippen LogP contribution in [0.25, 0.3) is 0 Å². The fourth-order valence-electron chi connectivity index (χ4n) is 2.92. The van der Waals surface area contributed by atoms with E-state index < -0.39 is 0 Å². The molecule has 0 aromatic carbocycles. The lowest BCUT2D eigenvalue weighted by atomic mass is 10.1. The standard InChI is InChI=1S/C19H39N7O4.3C2H6/c1-22-14(18(20)29)8-4-6-10-24-16(27)12-26(3)13-17(28)25-11-7-5-9-15(23-2)19(21)30;3*1-2/h14-15,22-23H,4-13H2,1-3H3,(H2,20,29)(H2,21,30)(H,24,27)(H,25,28);3*1-2H3. The minimum absolute atomic E-state index is 0.121. The summed E-state index contributed by atoms with van der Waals surface area (Å²) in [6.45, 7) is 13.3. The first kappa shape index (κ1) is 40.9. The van der Waals surface area contributed by atoms with E-state index in [9.17, 15) is 19.2 Å². The van der Waals surface area contributed by atoms with Gasteiger partial charge in [-0.15, -0.1) is 0 Å². The van der Waals surface area contributed by atoms with E-state index in [1.807, 2.05) is 41.5 Å². The normalized spacial score (nSPS) is 11.3. The molecule has 2 unspecified atom stereocenters. The molecule has 8 N–H and O–H groups in total. The van der Waals surface area contributed by atoms with Crippen molar-refractivity contribution in [2.75, 3.05) is 47.3 Å². The number of carbonyl (C=O) groups excluding carboxylic acids is 4.